The summed E-state index contributed by atoms with van der Waals surface area (Å²) in [6.45, 7) is 27.9. The number of unbranched alkanes of at least 4 members (excludes halogenated alkanes) is 9. The summed E-state index contributed by atoms with van der Waals surface area (Å²) in [6, 6.07) is 0. The summed E-state index contributed by atoms with van der Waals surface area (Å²) in [5.41, 5.74) is 1.60. The van der Waals surface area contributed by atoms with Gasteiger partial charge in [-0.25, -0.2) is 0 Å². The molecule has 0 aromatic carbocycles. The van der Waals surface area contributed by atoms with Crippen molar-refractivity contribution in [3.63, 3.8) is 0 Å². The van der Waals surface area contributed by atoms with Crippen molar-refractivity contribution < 1.29 is 9.84 Å². The second kappa shape index (κ2) is 27.0. The maximum atomic E-state index is 9.43. The van der Waals surface area contributed by atoms with Gasteiger partial charge in [0.05, 0.1) is 19.3 Å². The predicted octanol–water partition coefficient (Wildman–Crippen LogP) is 8.76. The normalized spacial score (nSPS) is 16.7. The highest BCUT2D eigenvalue weighted by Gasteiger charge is 2.22. The molecule has 0 radical (unpaired) electrons. The van der Waals surface area contributed by atoms with Crippen LogP contribution in [0.15, 0.2) is 12.3 Å². The number of rotatable bonds is 19. The second-order valence-electron chi connectivity index (χ2n) is 13.4. The van der Waals surface area contributed by atoms with Crippen LogP contribution >= 0.6 is 0 Å². The zero-order valence-electron chi connectivity index (χ0n) is 29.2. The van der Waals surface area contributed by atoms with E-state index in [9.17, 15) is 5.11 Å². The van der Waals surface area contributed by atoms with Gasteiger partial charge in [0.15, 0.2) is 0 Å². The highest BCUT2D eigenvalue weighted by molar-refractivity contribution is 4.99. The highest BCUT2D eigenvalue weighted by Crippen LogP contribution is 2.30. The number of nitrogens with zero attached hydrogens (tertiary/aromatic N) is 3. The molecular formula is C36H75N3O2. The van der Waals surface area contributed by atoms with E-state index in [-0.39, 0.29) is 6.10 Å². The Morgan fingerprint density at radius 3 is 1.54 bits per heavy atom. The molecule has 2 fully saturated rings. The lowest BCUT2D eigenvalue weighted by Crippen LogP contribution is -2.36. The fourth-order valence-corrected chi connectivity index (χ4v) is 5.25. The second-order valence-corrected chi connectivity index (χ2v) is 13.4. The molecule has 0 bridgehead atoms. The lowest BCUT2D eigenvalue weighted by Gasteiger charge is -2.36. The van der Waals surface area contributed by atoms with Gasteiger partial charge in [0.25, 0.3) is 0 Å². The van der Waals surface area contributed by atoms with Crippen molar-refractivity contribution in [3.8, 4) is 0 Å². The van der Waals surface area contributed by atoms with Gasteiger partial charge in [0, 0.05) is 31.9 Å². The summed E-state index contributed by atoms with van der Waals surface area (Å²) in [7, 11) is 2.11. The number of ether oxygens (including phenoxy) is 1. The molecule has 1 N–H and O–H groups in total. The Balaban J connectivity index is 0.000000640. The van der Waals surface area contributed by atoms with Gasteiger partial charge >= 0.3 is 0 Å². The molecular weight excluding hydrogens is 506 g/mol. The van der Waals surface area contributed by atoms with Gasteiger partial charge in [-0.3, -0.25) is 0 Å². The van der Waals surface area contributed by atoms with Crippen molar-refractivity contribution >= 4 is 0 Å². The Morgan fingerprint density at radius 1 is 0.756 bits per heavy atom. The third-order valence-corrected chi connectivity index (χ3v) is 8.77. The van der Waals surface area contributed by atoms with Crippen LogP contribution in [0.4, 0.5) is 0 Å². The monoisotopic (exact) mass is 582 g/mol. The van der Waals surface area contributed by atoms with Gasteiger partial charge in [-0.15, -0.1) is 0 Å². The van der Waals surface area contributed by atoms with E-state index in [1.54, 1.807) is 0 Å². The number of hydrogen-bond acceptors (Lipinski definition) is 5. The zero-order valence-corrected chi connectivity index (χ0v) is 29.2. The van der Waals surface area contributed by atoms with Gasteiger partial charge in [-0.1, -0.05) is 112 Å². The molecule has 0 amide bonds. The van der Waals surface area contributed by atoms with Crippen molar-refractivity contribution in [2.45, 2.75) is 150 Å². The molecule has 2 aliphatic heterocycles. The smallest absolute Gasteiger partial charge is 0.0594 e. The van der Waals surface area contributed by atoms with Crippen LogP contribution < -0.4 is 0 Å². The summed E-state index contributed by atoms with van der Waals surface area (Å²) >= 11 is 0. The average Bonchev–Trinajstić information content (AvgIpc) is 2.96. The molecule has 2 aliphatic rings. The Bertz CT molecular complexity index is 541. The highest BCUT2D eigenvalue weighted by atomic mass is 16.5. The maximum absolute atomic E-state index is 9.43. The van der Waals surface area contributed by atoms with Crippen LogP contribution in [0.2, 0.25) is 0 Å². The van der Waals surface area contributed by atoms with Crippen molar-refractivity contribution in [2.75, 3.05) is 66.1 Å². The molecule has 246 valence electrons. The number of likely N-dealkylation sites (N-methyl/N-ethyl adjacent to an activating group) is 1. The minimum atomic E-state index is -0.0896. The van der Waals surface area contributed by atoms with E-state index in [4.69, 9.17) is 4.74 Å². The fourth-order valence-electron chi connectivity index (χ4n) is 5.25. The Kier molecular flexibility index (Phi) is 26.6. The van der Waals surface area contributed by atoms with Crippen LogP contribution in [0.25, 0.3) is 0 Å². The first kappa shape index (κ1) is 40.4. The zero-order chi connectivity index (χ0) is 30.8. The van der Waals surface area contributed by atoms with Crippen molar-refractivity contribution in [3.05, 3.63) is 12.3 Å². The SMILES string of the molecule is C=C(CC(C)(C)CC)N1CCC(O)CC1.CCCCCCN(CCCCCC)CCCCCC.CN1CCOCC1. The molecule has 41 heavy (non-hydrogen) atoms. The number of aliphatic hydroxyl groups is 1. The van der Waals surface area contributed by atoms with Crippen LogP contribution in [0.1, 0.15) is 144 Å². The first-order valence-electron chi connectivity index (χ1n) is 17.8. The molecule has 5 heteroatoms. The summed E-state index contributed by atoms with van der Waals surface area (Å²) in [4.78, 5) is 7.34. The number of allylic oxidation sites excluding steroid dienone is 1. The van der Waals surface area contributed by atoms with Crippen LogP contribution in [-0.2, 0) is 4.74 Å². The summed E-state index contributed by atoms with van der Waals surface area (Å²) in [5, 5.41) is 9.43. The maximum Gasteiger partial charge on any atom is 0.0594 e. The molecule has 0 unspecified atom stereocenters. The van der Waals surface area contributed by atoms with Crippen LogP contribution in [0.3, 0.4) is 0 Å². The van der Waals surface area contributed by atoms with E-state index < -0.39 is 0 Å². The Hall–Kier alpha value is -0.620. The van der Waals surface area contributed by atoms with E-state index in [1.807, 2.05) is 0 Å². The largest absolute Gasteiger partial charge is 0.393 e. The first-order valence-corrected chi connectivity index (χ1v) is 17.8. The number of aliphatic hydroxyl groups excluding tert-OH is 1. The topological polar surface area (TPSA) is 39.2 Å². The van der Waals surface area contributed by atoms with Crippen LogP contribution in [0, 0.1) is 5.41 Å². The quantitative estimate of drug-likeness (QED) is 0.154. The summed E-state index contributed by atoms with van der Waals surface area (Å²) in [5.74, 6) is 0. The molecule has 0 aromatic heterocycles. The molecule has 0 aromatic rings. The molecule has 0 saturated carbocycles. The van der Waals surface area contributed by atoms with Crippen molar-refractivity contribution in [2.24, 2.45) is 5.41 Å². The van der Waals surface area contributed by atoms with E-state index in [1.165, 1.54) is 109 Å². The van der Waals surface area contributed by atoms with E-state index in [0.29, 0.717) is 5.41 Å². The minimum Gasteiger partial charge on any atom is -0.393 e. The molecule has 0 spiro atoms. The molecule has 5 nitrogen and oxygen atoms in total. The van der Waals surface area contributed by atoms with E-state index in [2.05, 4.69) is 69.9 Å². The fraction of sp³-hybridized carbons (Fsp3) is 0.944. The average molecular weight is 582 g/mol. The van der Waals surface area contributed by atoms with Crippen molar-refractivity contribution in [1.29, 1.82) is 0 Å². The number of piperidine rings is 1. The molecule has 2 rings (SSSR count). The molecule has 2 heterocycles. The minimum absolute atomic E-state index is 0.0896. The van der Waals surface area contributed by atoms with Gasteiger partial charge in [-0.2, -0.15) is 0 Å². The standard InChI is InChI=1S/C18H39N.C13H25NO.C5H11NO/c1-4-7-10-13-16-19(17-14-11-8-5-2)18-15-12-9-6-3;1-5-13(3,4)10-11(2)14-8-6-12(15)7-9-14;1-6-2-4-7-5-3-6/h4-18H2,1-3H3;12,15H,2,5-10H2,1,3-4H3;2-5H2,1H3. The number of likely N-dealkylation sites (tertiary alicyclic amines) is 1. The Morgan fingerprint density at radius 2 is 1.20 bits per heavy atom. The molecule has 2 saturated heterocycles. The lowest BCUT2D eigenvalue weighted by molar-refractivity contribution is 0.0503. The van der Waals surface area contributed by atoms with Crippen LogP contribution in [-0.4, -0.2) is 92.0 Å². The van der Waals surface area contributed by atoms with Gasteiger partial charge < -0.3 is 24.5 Å². The summed E-state index contributed by atoms with van der Waals surface area (Å²) in [6.07, 6.45) is 20.8. The van der Waals surface area contributed by atoms with Gasteiger partial charge in [0.1, 0.15) is 0 Å². The summed E-state index contributed by atoms with van der Waals surface area (Å²) < 4.78 is 5.10. The predicted molar refractivity (Wildman–Crippen MR) is 182 cm³/mol. The lowest BCUT2D eigenvalue weighted by atomic mass is 9.85. The third kappa shape index (κ3) is 24.5. The first-order chi connectivity index (χ1) is 19.7. The molecule has 0 atom stereocenters. The number of hydrogen-bond donors (Lipinski definition) is 1. The number of morpholine rings is 1. The van der Waals surface area contributed by atoms with Crippen LogP contribution in [0.5, 0.6) is 0 Å². The van der Waals surface area contributed by atoms with E-state index >= 15 is 0 Å². The van der Waals surface area contributed by atoms with Gasteiger partial charge in [0.2, 0.25) is 0 Å². The Labute approximate surface area is 258 Å². The van der Waals surface area contributed by atoms with Gasteiger partial charge in [-0.05, 0) is 70.6 Å². The van der Waals surface area contributed by atoms with Crippen molar-refractivity contribution in [1.82, 2.24) is 14.7 Å². The third-order valence-electron chi connectivity index (χ3n) is 8.77. The molecule has 0 aliphatic carbocycles. The van der Waals surface area contributed by atoms with E-state index in [0.717, 1.165) is 58.7 Å².